The molecule has 82 valence electrons. The highest BCUT2D eigenvalue weighted by Gasteiger charge is 2.16. The van der Waals surface area contributed by atoms with Gasteiger partial charge in [0, 0.05) is 6.54 Å². The van der Waals surface area contributed by atoms with Gasteiger partial charge in [-0.15, -0.1) is 0 Å². The van der Waals surface area contributed by atoms with Crippen molar-refractivity contribution >= 4 is 5.82 Å². The highest BCUT2D eigenvalue weighted by molar-refractivity contribution is 5.36. The fourth-order valence-electron chi connectivity index (χ4n) is 1.76. The van der Waals surface area contributed by atoms with Gasteiger partial charge in [-0.1, -0.05) is 19.3 Å². The average molecular weight is 209 g/mol. The lowest BCUT2D eigenvalue weighted by molar-refractivity contribution is 0.302. The molecule has 0 aliphatic heterocycles. The van der Waals surface area contributed by atoms with Gasteiger partial charge in [0.25, 0.3) is 0 Å². The van der Waals surface area contributed by atoms with Gasteiger partial charge in [0.1, 0.15) is 6.33 Å². The van der Waals surface area contributed by atoms with Gasteiger partial charge < -0.3 is 5.32 Å². The Labute approximate surface area is 89.1 Å². The van der Waals surface area contributed by atoms with Gasteiger partial charge in [0.15, 0.2) is 11.6 Å². The Morgan fingerprint density at radius 1 is 1.47 bits per heavy atom. The van der Waals surface area contributed by atoms with Crippen molar-refractivity contribution in [1.29, 1.82) is 0 Å². The van der Waals surface area contributed by atoms with Crippen molar-refractivity contribution in [2.45, 2.75) is 32.6 Å². The molecule has 1 aromatic rings. The minimum absolute atomic E-state index is 0.328. The number of halogens is 1. The van der Waals surface area contributed by atoms with Gasteiger partial charge in [-0.2, -0.15) is 0 Å². The number of hydrogen-bond donors (Lipinski definition) is 1. The first kappa shape index (κ1) is 10.3. The molecule has 1 fully saturated rings. The van der Waals surface area contributed by atoms with Crippen LogP contribution in [0.2, 0.25) is 0 Å². The summed E-state index contributed by atoms with van der Waals surface area (Å²) in [6, 6.07) is 0. The first-order chi connectivity index (χ1) is 7.27. The van der Waals surface area contributed by atoms with Gasteiger partial charge in [-0.25, -0.2) is 14.4 Å². The van der Waals surface area contributed by atoms with E-state index >= 15 is 0 Å². The fourth-order valence-corrected chi connectivity index (χ4v) is 1.76. The maximum atomic E-state index is 13.4. The Morgan fingerprint density at radius 3 is 2.93 bits per heavy atom. The highest BCUT2D eigenvalue weighted by atomic mass is 19.1. The third kappa shape index (κ3) is 2.43. The Kier molecular flexibility index (Phi) is 3.14. The van der Waals surface area contributed by atoms with Crippen LogP contribution < -0.4 is 5.32 Å². The van der Waals surface area contributed by atoms with E-state index in [4.69, 9.17) is 0 Å². The number of nitrogens with one attached hydrogen (secondary N) is 1. The molecular weight excluding hydrogens is 193 g/mol. The van der Waals surface area contributed by atoms with Crippen molar-refractivity contribution < 1.29 is 4.39 Å². The minimum atomic E-state index is -0.328. The first-order valence-corrected chi connectivity index (χ1v) is 5.48. The summed E-state index contributed by atoms with van der Waals surface area (Å²) in [6.45, 7) is 2.45. The van der Waals surface area contributed by atoms with Crippen LogP contribution in [-0.2, 0) is 0 Å². The summed E-state index contributed by atoms with van der Waals surface area (Å²) in [4.78, 5) is 7.67. The van der Waals surface area contributed by atoms with Crippen molar-refractivity contribution in [2.75, 3.05) is 11.9 Å². The van der Waals surface area contributed by atoms with Gasteiger partial charge >= 0.3 is 0 Å². The predicted molar refractivity (Wildman–Crippen MR) is 57.2 cm³/mol. The summed E-state index contributed by atoms with van der Waals surface area (Å²) >= 11 is 0. The van der Waals surface area contributed by atoms with Crippen LogP contribution >= 0.6 is 0 Å². The number of aryl methyl sites for hydroxylation is 1. The minimum Gasteiger partial charge on any atom is -0.368 e. The molecule has 1 aromatic heterocycles. The molecule has 3 nitrogen and oxygen atoms in total. The molecule has 0 radical (unpaired) electrons. The number of aromatic nitrogens is 2. The largest absolute Gasteiger partial charge is 0.368 e. The molecule has 0 spiro atoms. The molecule has 1 aliphatic carbocycles. The maximum Gasteiger partial charge on any atom is 0.186 e. The number of nitrogens with zero attached hydrogens (tertiary/aromatic N) is 2. The Morgan fingerprint density at radius 2 is 2.27 bits per heavy atom. The molecular formula is C11H16FN3. The van der Waals surface area contributed by atoms with Crippen molar-refractivity contribution in [3.05, 3.63) is 17.8 Å². The second-order valence-corrected chi connectivity index (χ2v) is 4.13. The lowest BCUT2D eigenvalue weighted by Crippen LogP contribution is -2.16. The van der Waals surface area contributed by atoms with E-state index in [0.717, 1.165) is 18.9 Å². The van der Waals surface area contributed by atoms with Crippen LogP contribution in [0.1, 0.15) is 31.4 Å². The molecule has 0 aromatic carbocycles. The van der Waals surface area contributed by atoms with E-state index in [2.05, 4.69) is 15.3 Å². The summed E-state index contributed by atoms with van der Waals surface area (Å²) in [7, 11) is 0. The van der Waals surface area contributed by atoms with E-state index in [1.165, 1.54) is 25.6 Å². The second kappa shape index (κ2) is 4.55. The molecule has 0 bridgehead atoms. The molecule has 0 amide bonds. The van der Waals surface area contributed by atoms with Crippen LogP contribution in [0.15, 0.2) is 6.33 Å². The monoisotopic (exact) mass is 209 g/mol. The van der Waals surface area contributed by atoms with E-state index in [9.17, 15) is 4.39 Å². The van der Waals surface area contributed by atoms with Crippen molar-refractivity contribution in [2.24, 2.45) is 5.92 Å². The van der Waals surface area contributed by atoms with Crippen LogP contribution in [-0.4, -0.2) is 16.5 Å². The Hall–Kier alpha value is -1.19. The lowest BCUT2D eigenvalue weighted by Gasteiger charge is -2.25. The van der Waals surface area contributed by atoms with E-state index in [-0.39, 0.29) is 5.82 Å². The number of hydrogen-bond acceptors (Lipinski definition) is 3. The summed E-state index contributed by atoms with van der Waals surface area (Å²) in [6.07, 6.45) is 6.51. The highest BCUT2D eigenvalue weighted by Crippen LogP contribution is 2.29. The average Bonchev–Trinajstić information content (AvgIpc) is 2.16. The second-order valence-electron chi connectivity index (χ2n) is 4.13. The molecule has 2 rings (SSSR count). The summed E-state index contributed by atoms with van der Waals surface area (Å²) < 4.78 is 13.4. The summed E-state index contributed by atoms with van der Waals surface area (Å²) in [5.41, 5.74) is 0.399. The van der Waals surface area contributed by atoms with Crippen LogP contribution in [0.5, 0.6) is 0 Å². The normalized spacial score (nSPS) is 16.1. The Bertz CT molecular complexity index is 337. The van der Waals surface area contributed by atoms with Crippen molar-refractivity contribution in [3.8, 4) is 0 Å². The van der Waals surface area contributed by atoms with E-state index in [1.54, 1.807) is 6.92 Å². The molecule has 1 heterocycles. The van der Waals surface area contributed by atoms with E-state index in [0.29, 0.717) is 11.5 Å². The van der Waals surface area contributed by atoms with Gasteiger partial charge in [0.05, 0.1) is 5.69 Å². The van der Waals surface area contributed by atoms with Crippen molar-refractivity contribution in [3.63, 3.8) is 0 Å². The first-order valence-electron chi connectivity index (χ1n) is 5.48. The standard InChI is InChI=1S/C11H16FN3/c1-8-10(12)11(15-7-14-8)13-6-5-9-3-2-4-9/h7,9H,2-6H2,1H3,(H,13,14,15). The van der Waals surface area contributed by atoms with Crippen LogP contribution in [0, 0.1) is 18.7 Å². The molecule has 4 heteroatoms. The van der Waals surface area contributed by atoms with Crippen LogP contribution in [0.4, 0.5) is 10.2 Å². The number of rotatable bonds is 4. The zero-order chi connectivity index (χ0) is 10.7. The molecule has 0 unspecified atom stereocenters. The molecule has 1 aliphatic rings. The quantitative estimate of drug-likeness (QED) is 0.828. The molecule has 15 heavy (non-hydrogen) atoms. The lowest BCUT2D eigenvalue weighted by atomic mass is 9.83. The van der Waals surface area contributed by atoms with E-state index in [1.807, 2.05) is 0 Å². The fraction of sp³-hybridized carbons (Fsp3) is 0.636. The van der Waals surface area contributed by atoms with Gasteiger partial charge in [0.2, 0.25) is 0 Å². The van der Waals surface area contributed by atoms with Crippen molar-refractivity contribution in [1.82, 2.24) is 9.97 Å². The zero-order valence-corrected chi connectivity index (χ0v) is 8.96. The van der Waals surface area contributed by atoms with Gasteiger partial charge in [-0.05, 0) is 19.3 Å². The third-order valence-electron chi connectivity index (χ3n) is 3.03. The molecule has 1 N–H and O–H groups in total. The summed E-state index contributed by atoms with van der Waals surface area (Å²) in [5.74, 6) is 0.844. The Balaban J connectivity index is 1.84. The summed E-state index contributed by atoms with van der Waals surface area (Å²) in [5, 5.41) is 3.03. The SMILES string of the molecule is Cc1ncnc(NCCC2CCC2)c1F. The molecule has 0 saturated heterocycles. The molecule has 1 saturated carbocycles. The third-order valence-corrected chi connectivity index (χ3v) is 3.03. The topological polar surface area (TPSA) is 37.8 Å². The smallest absolute Gasteiger partial charge is 0.186 e. The number of anilines is 1. The van der Waals surface area contributed by atoms with E-state index < -0.39 is 0 Å². The molecule has 0 atom stereocenters. The predicted octanol–water partition coefficient (Wildman–Crippen LogP) is 2.53. The maximum absolute atomic E-state index is 13.4. The zero-order valence-electron chi connectivity index (χ0n) is 8.96. The van der Waals surface area contributed by atoms with Crippen LogP contribution in [0.3, 0.4) is 0 Å². The van der Waals surface area contributed by atoms with Crippen LogP contribution in [0.25, 0.3) is 0 Å². The van der Waals surface area contributed by atoms with Gasteiger partial charge in [-0.3, -0.25) is 0 Å².